The molecule has 0 unspecified atom stereocenters. The van der Waals surface area contributed by atoms with Gasteiger partial charge in [0.05, 0.1) is 0 Å². The summed E-state index contributed by atoms with van der Waals surface area (Å²) in [7, 11) is 0. The van der Waals surface area contributed by atoms with Crippen LogP contribution >= 0.6 is 0 Å². The number of nitrogens with one attached hydrogen (secondary N) is 2. The van der Waals surface area contributed by atoms with Crippen molar-refractivity contribution in [3.05, 3.63) is 22.2 Å². The summed E-state index contributed by atoms with van der Waals surface area (Å²) in [5, 5.41) is 11.4. The van der Waals surface area contributed by atoms with E-state index in [9.17, 15) is 9.59 Å². The number of anilines is 1. The second kappa shape index (κ2) is 5.89. The van der Waals surface area contributed by atoms with Gasteiger partial charge in [-0.25, -0.2) is 4.98 Å². The average molecular weight is 225 g/mol. The lowest BCUT2D eigenvalue weighted by Gasteiger charge is -2.05. The molecule has 0 aliphatic heterocycles. The van der Waals surface area contributed by atoms with E-state index >= 15 is 0 Å². The molecule has 0 radical (unpaired) electrons. The SMILES string of the molecule is CCc1nc(NCCCC(=O)O)cc(=O)[nH]1. The van der Waals surface area contributed by atoms with Crippen LogP contribution in [0.3, 0.4) is 0 Å². The fourth-order valence-corrected chi connectivity index (χ4v) is 1.22. The summed E-state index contributed by atoms with van der Waals surface area (Å²) in [5.74, 6) is 0.286. The Morgan fingerprint density at radius 1 is 1.62 bits per heavy atom. The molecule has 6 heteroatoms. The van der Waals surface area contributed by atoms with Gasteiger partial charge in [-0.3, -0.25) is 9.59 Å². The number of aromatic amines is 1. The molecule has 3 N–H and O–H groups in total. The Morgan fingerprint density at radius 3 is 3.00 bits per heavy atom. The number of aliphatic carboxylic acids is 1. The van der Waals surface area contributed by atoms with E-state index in [1.807, 2.05) is 6.92 Å². The van der Waals surface area contributed by atoms with Crippen LogP contribution in [-0.2, 0) is 11.2 Å². The van der Waals surface area contributed by atoms with Gasteiger partial charge in [-0.2, -0.15) is 0 Å². The van der Waals surface area contributed by atoms with Crippen molar-refractivity contribution >= 4 is 11.8 Å². The lowest BCUT2D eigenvalue weighted by Crippen LogP contribution is -2.14. The minimum Gasteiger partial charge on any atom is -0.481 e. The van der Waals surface area contributed by atoms with Crippen molar-refractivity contribution < 1.29 is 9.90 Å². The maximum absolute atomic E-state index is 11.2. The number of carbonyl (C=O) groups is 1. The normalized spacial score (nSPS) is 10.1. The van der Waals surface area contributed by atoms with E-state index in [4.69, 9.17) is 5.11 Å². The fraction of sp³-hybridized carbons (Fsp3) is 0.500. The van der Waals surface area contributed by atoms with Crippen LogP contribution in [0.25, 0.3) is 0 Å². The van der Waals surface area contributed by atoms with Crippen molar-refractivity contribution in [2.45, 2.75) is 26.2 Å². The first-order valence-corrected chi connectivity index (χ1v) is 5.17. The smallest absolute Gasteiger partial charge is 0.303 e. The minimum absolute atomic E-state index is 0.108. The van der Waals surface area contributed by atoms with Gasteiger partial charge in [0.1, 0.15) is 11.6 Å². The molecule has 0 spiro atoms. The lowest BCUT2D eigenvalue weighted by atomic mass is 10.3. The maximum Gasteiger partial charge on any atom is 0.303 e. The van der Waals surface area contributed by atoms with Crippen LogP contribution in [0.15, 0.2) is 10.9 Å². The summed E-state index contributed by atoms with van der Waals surface area (Å²) < 4.78 is 0. The van der Waals surface area contributed by atoms with E-state index in [1.165, 1.54) is 6.07 Å². The Kier molecular flexibility index (Phi) is 4.50. The first kappa shape index (κ1) is 12.2. The number of nitrogens with zero attached hydrogens (tertiary/aromatic N) is 1. The zero-order chi connectivity index (χ0) is 12.0. The van der Waals surface area contributed by atoms with E-state index in [0.717, 1.165) is 0 Å². The summed E-state index contributed by atoms with van der Waals surface area (Å²) in [6.07, 6.45) is 1.27. The van der Waals surface area contributed by atoms with Crippen molar-refractivity contribution in [2.75, 3.05) is 11.9 Å². The molecule has 1 aromatic heterocycles. The molecular weight excluding hydrogens is 210 g/mol. The number of aromatic nitrogens is 2. The minimum atomic E-state index is -0.824. The maximum atomic E-state index is 11.2. The predicted octanol–water partition coefficient (Wildman–Crippen LogP) is 0.609. The molecule has 1 heterocycles. The lowest BCUT2D eigenvalue weighted by molar-refractivity contribution is -0.137. The van der Waals surface area contributed by atoms with Crippen LogP contribution in [0.1, 0.15) is 25.6 Å². The highest BCUT2D eigenvalue weighted by Gasteiger charge is 2.00. The zero-order valence-electron chi connectivity index (χ0n) is 9.12. The molecule has 1 rings (SSSR count). The number of aryl methyl sites for hydroxylation is 1. The van der Waals surface area contributed by atoms with E-state index < -0.39 is 5.97 Å². The van der Waals surface area contributed by atoms with Gasteiger partial charge in [0.15, 0.2) is 0 Å². The second-order valence-electron chi connectivity index (χ2n) is 3.35. The Balaban J connectivity index is 2.50. The van der Waals surface area contributed by atoms with Crippen LogP contribution in [-0.4, -0.2) is 27.6 Å². The van der Waals surface area contributed by atoms with Crippen LogP contribution in [0.2, 0.25) is 0 Å². The quantitative estimate of drug-likeness (QED) is 0.616. The zero-order valence-corrected chi connectivity index (χ0v) is 9.12. The molecule has 1 aromatic rings. The summed E-state index contributed by atoms with van der Waals surface area (Å²) in [5.41, 5.74) is -0.201. The van der Waals surface area contributed by atoms with Gasteiger partial charge >= 0.3 is 5.97 Å². The molecule has 16 heavy (non-hydrogen) atoms. The molecule has 0 saturated heterocycles. The third kappa shape index (κ3) is 4.12. The topological polar surface area (TPSA) is 95.1 Å². The molecule has 88 valence electrons. The highest BCUT2D eigenvalue weighted by molar-refractivity contribution is 5.66. The largest absolute Gasteiger partial charge is 0.481 e. The van der Waals surface area contributed by atoms with E-state index in [-0.39, 0.29) is 12.0 Å². The number of hydrogen-bond donors (Lipinski definition) is 3. The molecule has 0 atom stereocenters. The van der Waals surface area contributed by atoms with E-state index in [0.29, 0.717) is 31.0 Å². The first-order valence-electron chi connectivity index (χ1n) is 5.17. The fourth-order valence-electron chi connectivity index (χ4n) is 1.22. The van der Waals surface area contributed by atoms with Crippen LogP contribution in [0.4, 0.5) is 5.82 Å². The summed E-state index contributed by atoms with van der Waals surface area (Å²) in [4.78, 5) is 28.2. The Morgan fingerprint density at radius 2 is 2.38 bits per heavy atom. The molecular formula is C10H15N3O3. The van der Waals surface area contributed by atoms with Gasteiger partial charge in [-0.15, -0.1) is 0 Å². The summed E-state index contributed by atoms with van der Waals surface area (Å²) in [6, 6.07) is 1.36. The third-order valence-electron chi connectivity index (χ3n) is 2.00. The van der Waals surface area contributed by atoms with E-state index in [1.54, 1.807) is 0 Å². The van der Waals surface area contributed by atoms with Crippen molar-refractivity contribution in [2.24, 2.45) is 0 Å². The van der Waals surface area contributed by atoms with Gasteiger partial charge in [0.2, 0.25) is 0 Å². The summed E-state index contributed by atoms with van der Waals surface area (Å²) >= 11 is 0. The van der Waals surface area contributed by atoms with Gasteiger partial charge in [-0.1, -0.05) is 6.92 Å². The standard InChI is InChI=1S/C10H15N3O3/c1-2-7-12-8(6-9(14)13-7)11-5-3-4-10(15)16/h6H,2-5H2,1H3,(H,15,16)(H2,11,12,13,14). The number of H-pyrrole nitrogens is 1. The van der Waals surface area contributed by atoms with Gasteiger partial charge < -0.3 is 15.4 Å². The molecule has 0 bridgehead atoms. The van der Waals surface area contributed by atoms with Gasteiger partial charge in [0, 0.05) is 25.5 Å². The van der Waals surface area contributed by atoms with E-state index in [2.05, 4.69) is 15.3 Å². The number of hydrogen-bond acceptors (Lipinski definition) is 4. The Bertz CT molecular complexity index is 414. The number of carboxylic acid groups (broad SMARTS) is 1. The Labute approximate surface area is 92.7 Å². The van der Waals surface area contributed by atoms with Crippen molar-refractivity contribution in [1.29, 1.82) is 0 Å². The molecule has 0 saturated carbocycles. The van der Waals surface area contributed by atoms with Crippen molar-refractivity contribution in [1.82, 2.24) is 9.97 Å². The van der Waals surface area contributed by atoms with Gasteiger partial charge in [-0.05, 0) is 6.42 Å². The average Bonchev–Trinajstić information content (AvgIpc) is 2.23. The highest BCUT2D eigenvalue weighted by Crippen LogP contribution is 2.00. The van der Waals surface area contributed by atoms with Crippen molar-refractivity contribution in [3.8, 4) is 0 Å². The van der Waals surface area contributed by atoms with Crippen LogP contribution in [0.5, 0.6) is 0 Å². The highest BCUT2D eigenvalue weighted by atomic mass is 16.4. The third-order valence-corrected chi connectivity index (χ3v) is 2.00. The van der Waals surface area contributed by atoms with Crippen molar-refractivity contribution in [3.63, 3.8) is 0 Å². The molecule has 0 aromatic carbocycles. The molecule has 0 fully saturated rings. The Hall–Kier alpha value is -1.85. The first-order chi connectivity index (χ1) is 7.61. The molecule has 0 aliphatic carbocycles. The number of rotatable bonds is 6. The monoisotopic (exact) mass is 225 g/mol. The molecule has 0 aliphatic rings. The molecule has 0 amide bonds. The summed E-state index contributed by atoms with van der Waals surface area (Å²) in [6.45, 7) is 2.39. The number of carboxylic acids is 1. The predicted molar refractivity (Wildman–Crippen MR) is 59.6 cm³/mol. The molecule has 6 nitrogen and oxygen atoms in total. The second-order valence-corrected chi connectivity index (χ2v) is 3.35. The van der Waals surface area contributed by atoms with Crippen LogP contribution < -0.4 is 10.9 Å². The van der Waals surface area contributed by atoms with Gasteiger partial charge in [0.25, 0.3) is 5.56 Å². The van der Waals surface area contributed by atoms with Crippen LogP contribution in [0, 0.1) is 0 Å².